The van der Waals surface area contributed by atoms with E-state index in [0.29, 0.717) is 18.4 Å². The molecule has 2 aromatic heterocycles. The van der Waals surface area contributed by atoms with Crippen LogP contribution in [0.4, 0.5) is 0 Å². The molecule has 0 aliphatic carbocycles. The minimum Gasteiger partial charge on any atom is -0.354 e. The Morgan fingerprint density at radius 1 is 1.45 bits per heavy atom. The number of thiophene rings is 1. The van der Waals surface area contributed by atoms with Gasteiger partial charge in [-0.1, -0.05) is 26.2 Å². The van der Waals surface area contributed by atoms with Gasteiger partial charge < -0.3 is 5.32 Å². The van der Waals surface area contributed by atoms with Crippen molar-refractivity contribution in [2.75, 3.05) is 0 Å². The van der Waals surface area contributed by atoms with E-state index in [1.54, 1.807) is 6.07 Å². The van der Waals surface area contributed by atoms with Gasteiger partial charge in [-0.25, -0.2) is 4.98 Å². The molecule has 0 spiro atoms. The molecule has 0 fully saturated rings. The van der Waals surface area contributed by atoms with Gasteiger partial charge in [-0.05, 0) is 24.8 Å². The second kappa shape index (κ2) is 8.08. The smallest absolute Gasteiger partial charge is 0.262 e. The fraction of sp³-hybridized carbons (Fsp3) is 0.562. The molecule has 120 valence electrons. The van der Waals surface area contributed by atoms with Crippen molar-refractivity contribution in [2.45, 2.75) is 58.5 Å². The zero-order valence-corrected chi connectivity index (χ0v) is 14.0. The fourth-order valence-electron chi connectivity index (χ4n) is 2.39. The summed E-state index contributed by atoms with van der Waals surface area (Å²) in [6, 6.07) is 1.97. The van der Waals surface area contributed by atoms with Crippen molar-refractivity contribution in [3.8, 4) is 0 Å². The highest BCUT2D eigenvalue weighted by molar-refractivity contribution is 7.16. The predicted molar refractivity (Wildman–Crippen MR) is 90.2 cm³/mol. The number of hydrogen-bond donors (Lipinski definition) is 1. The van der Waals surface area contributed by atoms with E-state index in [0.717, 1.165) is 17.7 Å². The summed E-state index contributed by atoms with van der Waals surface area (Å²) in [5, 5.41) is 5.47. The molecule has 22 heavy (non-hydrogen) atoms. The minimum atomic E-state index is -0.0740. The van der Waals surface area contributed by atoms with Gasteiger partial charge in [0, 0.05) is 19.0 Å². The number of amides is 1. The topological polar surface area (TPSA) is 64.0 Å². The lowest BCUT2D eigenvalue weighted by Crippen LogP contribution is -2.33. The Kier molecular flexibility index (Phi) is 6.12. The molecule has 1 amide bonds. The summed E-state index contributed by atoms with van der Waals surface area (Å²) in [6.07, 6.45) is 6.34. The number of rotatable bonds is 8. The molecular formula is C16H23N3O2S. The van der Waals surface area contributed by atoms with E-state index in [4.69, 9.17) is 0 Å². The van der Waals surface area contributed by atoms with Crippen LogP contribution in [0.25, 0.3) is 10.2 Å². The molecule has 0 aromatic carbocycles. The van der Waals surface area contributed by atoms with Crippen molar-refractivity contribution in [1.29, 1.82) is 0 Å². The number of aryl methyl sites for hydroxylation is 1. The number of nitrogens with one attached hydrogen (secondary N) is 1. The number of fused-ring (bicyclic) bond motifs is 1. The zero-order valence-electron chi connectivity index (χ0n) is 13.2. The first-order valence-electron chi connectivity index (χ1n) is 7.83. The van der Waals surface area contributed by atoms with Crippen LogP contribution in [0.3, 0.4) is 0 Å². The van der Waals surface area contributed by atoms with Crippen LogP contribution in [-0.2, 0) is 11.3 Å². The summed E-state index contributed by atoms with van der Waals surface area (Å²) >= 11 is 1.45. The molecule has 1 atom stereocenters. The van der Waals surface area contributed by atoms with E-state index < -0.39 is 0 Å². The van der Waals surface area contributed by atoms with E-state index in [1.165, 1.54) is 35.1 Å². The van der Waals surface area contributed by atoms with E-state index in [-0.39, 0.29) is 17.5 Å². The summed E-state index contributed by atoms with van der Waals surface area (Å²) in [7, 11) is 0. The van der Waals surface area contributed by atoms with Crippen molar-refractivity contribution in [3.63, 3.8) is 0 Å². The predicted octanol–water partition coefficient (Wildman–Crippen LogP) is 2.93. The maximum atomic E-state index is 12.2. The number of hydrogen-bond acceptors (Lipinski definition) is 4. The monoisotopic (exact) mass is 321 g/mol. The molecule has 5 nitrogen and oxygen atoms in total. The second-order valence-corrected chi connectivity index (χ2v) is 6.49. The molecule has 1 unspecified atom stereocenters. The van der Waals surface area contributed by atoms with Crippen molar-refractivity contribution in [3.05, 3.63) is 28.1 Å². The highest BCUT2D eigenvalue weighted by Gasteiger charge is 2.09. The van der Waals surface area contributed by atoms with Crippen LogP contribution in [-0.4, -0.2) is 21.5 Å². The number of carbonyl (C=O) groups excluding carboxylic acids is 1. The van der Waals surface area contributed by atoms with Gasteiger partial charge in [0.2, 0.25) is 5.91 Å². The summed E-state index contributed by atoms with van der Waals surface area (Å²) in [6.45, 7) is 4.56. The van der Waals surface area contributed by atoms with Crippen LogP contribution in [0.15, 0.2) is 22.6 Å². The van der Waals surface area contributed by atoms with E-state index in [2.05, 4.69) is 17.2 Å². The average molecular weight is 321 g/mol. The lowest BCUT2D eigenvalue weighted by atomic mass is 10.1. The van der Waals surface area contributed by atoms with Gasteiger partial charge >= 0.3 is 0 Å². The van der Waals surface area contributed by atoms with Crippen LogP contribution in [0, 0.1) is 0 Å². The Balaban J connectivity index is 1.85. The standard InChI is InChI=1S/C16H23N3O2S/c1-3-4-5-6-12(2)18-14(20)7-9-19-11-17-15-13(16(19)21)8-10-22-15/h8,10-12H,3-7,9H2,1-2H3,(H,18,20). The molecular weight excluding hydrogens is 298 g/mol. The van der Waals surface area contributed by atoms with Gasteiger partial charge in [-0.15, -0.1) is 11.3 Å². The Hall–Kier alpha value is -1.69. The van der Waals surface area contributed by atoms with Crippen LogP contribution >= 0.6 is 11.3 Å². The highest BCUT2D eigenvalue weighted by Crippen LogP contribution is 2.13. The molecule has 2 heterocycles. The Morgan fingerprint density at radius 2 is 2.27 bits per heavy atom. The first-order valence-corrected chi connectivity index (χ1v) is 8.71. The van der Waals surface area contributed by atoms with Gasteiger partial charge in [-0.2, -0.15) is 0 Å². The number of carbonyl (C=O) groups is 1. The second-order valence-electron chi connectivity index (χ2n) is 5.60. The third-order valence-corrected chi connectivity index (χ3v) is 4.50. The van der Waals surface area contributed by atoms with Gasteiger partial charge in [0.25, 0.3) is 5.56 Å². The van der Waals surface area contributed by atoms with Crippen molar-refractivity contribution >= 4 is 27.5 Å². The Morgan fingerprint density at radius 3 is 3.05 bits per heavy atom. The third kappa shape index (κ3) is 4.40. The third-order valence-electron chi connectivity index (χ3n) is 3.68. The van der Waals surface area contributed by atoms with E-state index in [9.17, 15) is 9.59 Å². The van der Waals surface area contributed by atoms with Crippen molar-refractivity contribution in [2.24, 2.45) is 0 Å². The zero-order chi connectivity index (χ0) is 15.9. The molecule has 0 saturated carbocycles. The molecule has 0 aliphatic rings. The molecule has 0 aliphatic heterocycles. The van der Waals surface area contributed by atoms with Gasteiger partial charge in [0.1, 0.15) is 4.83 Å². The quantitative estimate of drug-likeness (QED) is 0.760. The molecule has 6 heteroatoms. The Bertz CT molecular complexity index is 677. The minimum absolute atomic E-state index is 0.0127. The fourth-order valence-corrected chi connectivity index (χ4v) is 3.12. The van der Waals surface area contributed by atoms with Crippen LogP contribution in [0.1, 0.15) is 46.0 Å². The van der Waals surface area contributed by atoms with Crippen LogP contribution in [0.2, 0.25) is 0 Å². The van der Waals surface area contributed by atoms with Crippen LogP contribution < -0.4 is 10.9 Å². The molecule has 0 radical (unpaired) electrons. The SMILES string of the molecule is CCCCCC(C)NC(=O)CCn1cnc2sccc2c1=O. The summed E-state index contributed by atoms with van der Waals surface area (Å²) < 4.78 is 1.51. The molecule has 2 rings (SSSR count). The molecule has 0 bridgehead atoms. The van der Waals surface area contributed by atoms with Crippen molar-refractivity contribution < 1.29 is 4.79 Å². The number of aromatic nitrogens is 2. The normalized spacial score (nSPS) is 12.5. The number of unbranched alkanes of at least 4 members (excludes halogenated alkanes) is 2. The van der Waals surface area contributed by atoms with Crippen LogP contribution in [0.5, 0.6) is 0 Å². The van der Waals surface area contributed by atoms with E-state index >= 15 is 0 Å². The largest absolute Gasteiger partial charge is 0.354 e. The molecule has 2 aromatic rings. The van der Waals surface area contributed by atoms with E-state index in [1.807, 2.05) is 12.3 Å². The van der Waals surface area contributed by atoms with Gasteiger partial charge in [0.05, 0.1) is 11.7 Å². The van der Waals surface area contributed by atoms with Crippen molar-refractivity contribution in [1.82, 2.24) is 14.9 Å². The lowest BCUT2D eigenvalue weighted by Gasteiger charge is -2.13. The summed E-state index contributed by atoms with van der Waals surface area (Å²) in [5.41, 5.74) is -0.0740. The van der Waals surface area contributed by atoms with Gasteiger partial charge in [0.15, 0.2) is 0 Å². The molecule has 1 N–H and O–H groups in total. The summed E-state index contributed by atoms with van der Waals surface area (Å²) in [5.74, 6) is -0.0127. The Labute approximate surface area is 134 Å². The highest BCUT2D eigenvalue weighted by atomic mass is 32.1. The lowest BCUT2D eigenvalue weighted by molar-refractivity contribution is -0.121. The first kappa shape index (κ1) is 16.7. The number of nitrogens with zero attached hydrogens (tertiary/aromatic N) is 2. The maximum absolute atomic E-state index is 12.2. The molecule has 0 saturated heterocycles. The van der Waals surface area contributed by atoms with Gasteiger partial charge in [-0.3, -0.25) is 14.2 Å². The first-order chi connectivity index (χ1) is 10.6. The maximum Gasteiger partial charge on any atom is 0.262 e. The average Bonchev–Trinajstić information content (AvgIpc) is 2.96. The summed E-state index contributed by atoms with van der Waals surface area (Å²) in [4.78, 5) is 29.1.